The second-order valence-electron chi connectivity index (χ2n) is 4.15. The number of nitriles is 1. The first kappa shape index (κ1) is 13.2. The van der Waals surface area contributed by atoms with Gasteiger partial charge in [0, 0.05) is 10.4 Å². The molecule has 0 aliphatic rings. The molecule has 1 N–H and O–H groups in total. The van der Waals surface area contributed by atoms with Crippen molar-refractivity contribution in [3.63, 3.8) is 0 Å². The average molecular weight is 271 g/mol. The summed E-state index contributed by atoms with van der Waals surface area (Å²) >= 11 is 1.46. The lowest BCUT2D eigenvalue weighted by atomic mass is 10.1. The van der Waals surface area contributed by atoms with Crippen LogP contribution in [0.2, 0.25) is 0 Å². The summed E-state index contributed by atoms with van der Waals surface area (Å²) in [7, 11) is 0. The molecule has 0 bridgehead atoms. The molecule has 0 unspecified atom stereocenters. The molecule has 0 fully saturated rings. The van der Waals surface area contributed by atoms with Crippen LogP contribution in [-0.2, 0) is 6.42 Å². The summed E-state index contributed by atoms with van der Waals surface area (Å²) in [6, 6.07) is 9.13. The van der Waals surface area contributed by atoms with Crippen LogP contribution in [0.25, 0.3) is 0 Å². The van der Waals surface area contributed by atoms with E-state index in [1.54, 1.807) is 18.2 Å². The smallest absolute Gasteiger partial charge is 0.257 e. The number of aryl methyl sites for hydroxylation is 2. The summed E-state index contributed by atoms with van der Waals surface area (Å²) in [6.07, 6.45) is 0.302. The lowest BCUT2D eigenvalue weighted by Crippen LogP contribution is -2.11. The number of hydrogen-bond donors (Lipinski definition) is 1. The Balaban J connectivity index is 2.16. The molecule has 96 valence electrons. The van der Waals surface area contributed by atoms with Gasteiger partial charge in [-0.15, -0.1) is 11.3 Å². The van der Waals surface area contributed by atoms with Gasteiger partial charge in [0.15, 0.2) is 5.13 Å². The highest BCUT2D eigenvalue weighted by atomic mass is 32.1. The molecular weight excluding hydrogens is 258 g/mol. The van der Waals surface area contributed by atoms with E-state index in [2.05, 4.69) is 16.4 Å². The number of nitrogens with zero attached hydrogens (tertiary/aromatic N) is 2. The minimum Gasteiger partial charge on any atom is -0.298 e. The van der Waals surface area contributed by atoms with Crippen molar-refractivity contribution in [2.75, 3.05) is 5.32 Å². The zero-order chi connectivity index (χ0) is 13.8. The molecule has 0 saturated carbocycles. The summed E-state index contributed by atoms with van der Waals surface area (Å²) in [6.45, 7) is 3.88. The molecule has 1 aromatic heterocycles. The summed E-state index contributed by atoms with van der Waals surface area (Å²) in [5.41, 5.74) is 2.30. The summed E-state index contributed by atoms with van der Waals surface area (Å²) < 4.78 is 0. The Kier molecular flexibility index (Phi) is 3.93. The monoisotopic (exact) mass is 271 g/mol. The maximum atomic E-state index is 12.1. The van der Waals surface area contributed by atoms with Gasteiger partial charge in [-0.05, 0) is 31.5 Å². The van der Waals surface area contributed by atoms with Crippen molar-refractivity contribution in [1.29, 1.82) is 5.26 Å². The van der Waals surface area contributed by atoms with Crippen LogP contribution in [0.1, 0.15) is 26.5 Å². The van der Waals surface area contributed by atoms with Crippen molar-refractivity contribution in [2.45, 2.75) is 20.3 Å². The van der Waals surface area contributed by atoms with Crippen molar-refractivity contribution in [3.05, 3.63) is 46.0 Å². The standard InChI is InChI=1S/C14H13N3OS/c1-9-10(2)19-14(16-9)17-13(18)12-5-3-4-11(8-12)6-7-15/h3-5,8H,6H2,1-2H3,(H,16,17,18). The van der Waals surface area contributed by atoms with Gasteiger partial charge in [-0.3, -0.25) is 10.1 Å². The van der Waals surface area contributed by atoms with Crippen LogP contribution in [0.5, 0.6) is 0 Å². The highest BCUT2D eigenvalue weighted by Gasteiger charge is 2.10. The highest BCUT2D eigenvalue weighted by molar-refractivity contribution is 7.15. The van der Waals surface area contributed by atoms with E-state index in [9.17, 15) is 4.79 Å². The van der Waals surface area contributed by atoms with Crippen LogP contribution in [0.15, 0.2) is 24.3 Å². The minimum absolute atomic E-state index is 0.200. The fraction of sp³-hybridized carbons (Fsp3) is 0.214. The van der Waals surface area contributed by atoms with E-state index in [1.165, 1.54) is 11.3 Å². The number of benzene rings is 1. The van der Waals surface area contributed by atoms with Crippen molar-refractivity contribution in [3.8, 4) is 6.07 Å². The summed E-state index contributed by atoms with van der Waals surface area (Å²) in [5, 5.41) is 12.0. The van der Waals surface area contributed by atoms with Crippen LogP contribution in [0.3, 0.4) is 0 Å². The third-order valence-electron chi connectivity index (χ3n) is 2.72. The fourth-order valence-corrected chi connectivity index (χ4v) is 2.42. The Morgan fingerprint density at radius 3 is 2.89 bits per heavy atom. The second-order valence-corrected chi connectivity index (χ2v) is 5.35. The van der Waals surface area contributed by atoms with Gasteiger partial charge >= 0.3 is 0 Å². The second kappa shape index (κ2) is 5.63. The topological polar surface area (TPSA) is 65.8 Å². The number of carbonyl (C=O) groups excluding carboxylic acids is 1. The van der Waals surface area contributed by atoms with Crippen molar-refractivity contribution < 1.29 is 4.79 Å². The molecule has 4 nitrogen and oxygen atoms in total. The van der Waals surface area contributed by atoms with E-state index in [0.717, 1.165) is 16.1 Å². The first-order valence-corrected chi connectivity index (χ1v) is 6.63. The van der Waals surface area contributed by atoms with Gasteiger partial charge in [0.1, 0.15) is 0 Å². The molecule has 2 rings (SSSR count). The van der Waals surface area contributed by atoms with Crippen LogP contribution < -0.4 is 5.32 Å². The van der Waals surface area contributed by atoms with E-state index < -0.39 is 0 Å². The predicted octanol–water partition coefficient (Wildman–Crippen LogP) is 3.08. The van der Waals surface area contributed by atoms with Crippen molar-refractivity contribution in [2.24, 2.45) is 0 Å². The Bertz CT molecular complexity index is 635. The molecular formula is C14H13N3OS. The third kappa shape index (κ3) is 3.18. The lowest BCUT2D eigenvalue weighted by molar-refractivity contribution is 0.102. The SMILES string of the molecule is Cc1nc(NC(=O)c2cccc(CC#N)c2)sc1C. The number of aromatic nitrogens is 1. The maximum Gasteiger partial charge on any atom is 0.257 e. The van der Waals surface area contributed by atoms with E-state index in [4.69, 9.17) is 5.26 Å². The highest BCUT2D eigenvalue weighted by Crippen LogP contribution is 2.21. The van der Waals surface area contributed by atoms with Crippen molar-refractivity contribution in [1.82, 2.24) is 4.98 Å². The van der Waals surface area contributed by atoms with Gasteiger partial charge in [0.25, 0.3) is 5.91 Å². The number of amides is 1. The minimum atomic E-state index is -0.200. The molecule has 1 amide bonds. The van der Waals surface area contributed by atoms with Gasteiger partial charge in [0.05, 0.1) is 18.2 Å². The number of hydrogen-bond acceptors (Lipinski definition) is 4. The number of carbonyl (C=O) groups is 1. The molecule has 0 spiro atoms. The molecule has 1 aromatic carbocycles. The van der Waals surface area contributed by atoms with Gasteiger partial charge in [-0.25, -0.2) is 4.98 Å². The Labute approximate surface area is 115 Å². The Morgan fingerprint density at radius 1 is 1.47 bits per heavy atom. The summed E-state index contributed by atoms with van der Waals surface area (Å²) in [5.74, 6) is -0.200. The molecule has 0 aliphatic heterocycles. The molecule has 0 radical (unpaired) electrons. The van der Waals surface area contributed by atoms with Crippen LogP contribution in [0, 0.1) is 25.2 Å². The zero-order valence-electron chi connectivity index (χ0n) is 10.7. The van der Waals surface area contributed by atoms with E-state index >= 15 is 0 Å². The van der Waals surface area contributed by atoms with Gasteiger partial charge in [0.2, 0.25) is 0 Å². The lowest BCUT2D eigenvalue weighted by Gasteiger charge is -2.03. The van der Waals surface area contributed by atoms with Gasteiger partial charge < -0.3 is 0 Å². The molecule has 0 aliphatic carbocycles. The molecule has 2 aromatic rings. The number of nitrogens with one attached hydrogen (secondary N) is 1. The Morgan fingerprint density at radius 2 is 2.26 bits per heavy atom. The fourth-order valence-electron chi connectivity index (χ4n) is 1.61. The molecule has 0 atom stereocenters. The van der Waals surface area contributed by atoms with Gasteiger partial charge in [-0.1, -0.05) is 12.1 Å². The predicted molar refractivity (Wildman–Crippen MR) is 75.3 cm³/mol. The molecule has 19 heavy (non-hydrogen) atoms. The molecule has 1 heterocycles. The quantitative estimate of drug-likeness (QED) is 0.933. The van der Waals surface area contributed by atoms with Crippen LogP contribution in [0.4, 0.5) is 5.13 Å². The van der Waals surface area contributed by atoms with Gasteiger partial charge in [-0.2, -0.15) is 5.26 Å². The van der Waals surface area contributed by atoms with E-state index in [1.807, 2.05) is 19.9 Å². The first-order chi connectivity index (χ1) is 9.10. The molecule has 5 heteroatoms. The number of thiazole rings is 1. The number of rotatable bonds is 3. The molecule has 0 saturated heterocycles. The van der Waals surface area contributed by atoms with Crippen molar-refractivity contribution >= 4 is 22.4 Å². The summed E-state index contributed by atoms with van der Waals surface area (Å²) in [4.78, 5) is 17.4. The van der Waals surface area contributed by atoms with E-state index in [-0.39, 0.29) is 5.91 Å². The Hall–Kier alpha value is -2.19. The normalized spacial score (nSPS) is 9.95. The maximum absolute atomic E-state index is 12.1. The van der Waals surface area contributed by atoms with E-state index in [0.29, 0.717) is 17.1 Å². The average Bonchev–Trinajstić information content (AvgIpc) is 2.69. The van der Waals surface area contributed by atoms with Crippen LogP contribution in [-0.4, -0.2) is 10.9 Å². The first-order valence-electron chi connectivity index (χ1n) is 5.81. The number of anilines is 1. The third-order valence-corrected chi connectivity index (χ3v) is 3.71. The largest absolute Gasteiger partial charge is 0.298 e. The zero-order valence-corrected chi connectivity index (χ0v) is 11.5. The van der Waals surface area contributed by atoms with Crippen LogP contribution >= 0.6 is 11.3 Å².